The number of aromatic nitrogens is 1. The summed E-state index contributed by atoms with van der Waals surface area (Å²) in [7, 11) is 4.33. The van der Waals surface area contributed by atoms with Gasteiger partial charge in [-0.05, 0) is 51.9 Å². The van der Waals surface area contributed by atoms with Crippen LogP contribution in [0.1, 0.15) is 31.4 Å². The maximum absolute atomic E-state index is 6.03. The van der Waals surface area contributed by atoms with E-state index in [1.807, 2.05) is 19.2 Å². The zero-order chi connectivity index (χ0) is 13.8. The molecule has 1 fully saturated rings. The Morgan fingerprint density at radius 1 is 1.47 bits per heavy atom. The van der Waals surface area contributed by atoms with Crippen LogP contribution in [0.25, 0.3) is 0 Å². The summed E-state index contributed by atoms with van der Waals surface area (Å²) in [4.78, 5) is 9.20. The van der Waals surface area contributed by atoms with Crippen molar-refractivity contribution in [3.8, 4) is 0 Å². The zero-order valence-electron chi connectivity index (χ0n) is 12.3. The molecular weight excluding hydrogens is 236 g/mol. The van der Waals surface area contributed by atoms with E-state index in [1.54, 1.807) is 0 Å². The summed E-state index contributed by atoms with van der Waals surface area (Å²) in [5.74, 6) is 1.81. The van der Waals surface area contributed by atoms with Crippen LogP contribution in [0.15, 0.2) is 18.3 Å². The Bertz CT molecular complexity index is 397. The van der Waals surface area contributed by atoms with Gasteiger partial charge in [0.2, 0.25) is 0 Å². The highest BCUT2D eigenvalue weighted by molar-refractivity contribution is 5.47. The first-order valence-electron chi connectivity index (χ1n) is 7.18. The molecule has 1 saturated heterocycles. The Hall–Kier alpha value is -1.13. The molecule has 1 aromatic rings. The van der Waals surface area contributed by atoms with Crippen LogP contribution in [-0.2, 0) is 0 Å². The lowest BCUT2D eigenvalue weighted by atomic mass is 9.96. The molecule has 2 rings (SSSR count). The van der Waals surface area contributed by atoms with E-state index in [0.717, 1.165) is 23.8 Å². The molecule has 4 heteroatoms. The number of nitrogens with zero attached hydrogens (tertiary/aromatic N) is 3. The van der Waals surface area contributed by atoms with E-state index in [0.29, 0.717) is 0 Å². The second-order valence-electron chi connectivity index (χ2n) is 5.83. The van der Waals surface area contributed by atoms with Gasteiger partial charge in [-0.2, -0.15) is 0 Å². The first kappa shape index (κ1) is 14.3. The van der Waals surface area contributed by atoms with Gasteiger partial charge in [0.05, 0.1) is 0 Å². The van der Waals surface area contributed by atoms with Crippen molar-refractivity contribution >= 4 is 5.82 Å². The average molecular weight is 262 g/mol. The van der Waals surface area contributed by atoms with E-state index in [4.69, 9.17) is 5.73 Å². The molecule has 19 heavy (non-hydrogen) atoms. The smallest absolute Gasteiger partial charge is 0.133 e. The van der Waals surface area contributed by atoms with E-state index in [1.165, 1.54) is 25.9 Å². The standard InChI is InChI=1S/C15H26N4/c1-12(16)14-5-4-8-17-15(14)19(3)11-13-6-9-18(2)10-7-13/h4-5,8,12-13H,6-7,9-11,16H2,1-3H3/t12-/m1/s1. The van der Waals surface area contributed by atoms with E-state index in [9.17, 15) is 0 Å². The molecule has 0 aliphatic carbocycles. The van der Waals surface area contributed by atoms with E-state index in [-0.39, 0.29) is 6.04 Å². The number of nitrogens with two attached hydrogens (primary N) is 1. The summed E-state index contributed by atoms with van der Waals surface area (Å²) in [6.07, 6.45) is 4.41. The van der Waals surface area contributed by atoms with Crippen molar-refractivity contribution in [2.24, 2.45) is 11.7 Å². The van der Waals surface area contributed by atoms with E-state index >= 15 is 0 Å². The summed E-state index contributed by atoms with van der Waals surface area (Å²) in [5.41, 5.74) is 7.17. The van der Waals surface area contributed by atoms with Crippen LogP contribution in [0.4, 0.5) is 5.82 Å². The Morgan fingerprint density at radius 2 is 2.16 bits per heavy atom. The van der Waals surface area contributed by atoms with Crippen molar-refractivity contribution in [2.45, 2.75) is 25.8 Å². The Balaban J connectivity index is 2.01. The summed E-state index contributed by atoms with van der Waals surface area (Å²) in [6.45, 7) is 5.51. The molecule has 2 N–H and O–H groups in total. The topological polar surface area (TPSA) is 45.4 Å². The number of anilines is 1. The Labute approximate surface area is 116 Å². The van der Waals surface area contributed by atoms with Gasteiger partial charge in [0.25, 0.3) is 0 Å². The predicted octanol–water partition coefficient (Wildman–Crippen LogP) is 1.88. The van der Waals surface area contributed by atoms with E-state index < -0.39 is 0 Å². The first-order valence-corrected chi connectivity index (χ1v) is 7.18. The second-order valence-corrected chi connectivity index (χ2v) is 5.83. The van der Waals surface area contributed by atoms with Gasteiger partial charge in [0.1, 0.15) is 5.82 Å². The summed E-state index contributed by atoms with van der Waals surface area (Å²) in [5, 5.41) is 0. The van der Waals surface area contributed by atoms with Crippen LogP contribution in [0.5, 0.6) is 0 Å². The quantitative estimate of drug-likeness (QED) is 0.900. The lowest BCUT2D eigenvalue weighted by Gasteiger charge is -2.32. The van der Waals surface area contributed by atoms with Gasteiger partial charge in [-0.25, -0.2) is 4.98 Å². The summed E-state index contributed by atoms with van der Waals surface area (Å²) in [6, 6.07) is 4.08. The van der Waals surface area contributed by atoms with Crippen molar-refractivity contribution in [3.63, 3.8) is 0 Å². The summed E-state index contributed by atoms with van der Waals surface area (Å²) >= 11 is 0. The normalized spacial score (nSPS) is 19.4. The maximum Gasteiger partial charge on any atom is 0.133 e. The number of rotatable bonds is 4. The van der Waals surface area contributed by atoms with E-state index in [2.05, 4.69) is 34.9 Å². The van der Waals surface area contributed by atoms with Gasteiger partial charge in [-0.15, -0.1) is 0 Å². The largest absolute Gasteiger partial charge is 0.359 e. The van der Waals surface area contributed by atoms with Gasteiger partial charge in [-0.3, -0.25) is 0 Å². The minimum atomic E-state index is 0.0311. The third-order valence-corrected chi connectivity index (χ3v) is 4.04. The monoisotopic (exact) mass is 262 g/mol. The fourth-order valence-corrected chi connectivity index (χ4v) is 2.80. The van der Waals surface area contributed by atoms with Gasteiger partial charge in [0.15, 0.2) is 0 Å². The molecule has 106 valence electrons. The molecule has 0 spiro atoms. The molecule has 1 atom stereocenters. The van der Waals surface area contributed by atoms with Crippen LogP contribution in [-0.4, -0.2) is 43.6 Å². The van der Waals surface area contributed by atoms with Crippen molar-refractivity contribution in [1.29, 1.82) is 0 Å². The van der Waals surface area contributed by atoms with Crippen molar-refractivity contribution in [1.82, 2.24) is 9.88 Å². The molecule has 0 aromatic carbocycles. The van der Waals surface area contributed by atoms with Crippen LogP contribution < -0.4 is 10.6 Å². The minimum Gasteiger partial charge on any atom is -0.359 e. The highest BCUT2D eigenvalue weighted by Gasteiger charge is 2.20. The molecule has 4 nitrogen and oxygen atoms in total. The number of piperidine rings is 1. The highest BCUT2D eigenvalue weighted by atomic mass is 15.2. The maximum atomic E-state index is 6.03. The molecule has 0 amide bonds. The third kappa shape index (κ3) is 3.67. The molecule has 1 aliphatic heterocycles. The van der Waals surface area contributed by atoms with Crippen molar-refractivity contribution < 1.29 is 0 Å². The molecular formula is C15H26N4. The average Bonchev–Trinajstić information content (AvgIpc) is 2.41. The fourth-order valence-electron chi connectivity index (χ4n) is 2.80. The number of pyridine rings is 1. The van der Waals surface area contributed by atoms with Gasteiger partial charge in [0, 0.05) is 31.4 Å². The van der Waals surface area contributed by atoms with Crippen molar-refractivity contribution in [2.75, 3.05) is 38.6 Å². The molecule has 0 radical (unpaired) electrons. The molecule has 0 unspecified atom stereocenters. The van der Waals surface area contributed by atoms with Crippen LogP contribution >= 0.6 is 0 Å². The second kappa shape index (κ2) is 6.35. The third-order valence-electron chi connectivity index (χ3n) is 4.04. The Morgan fingerprint density at radius 3 is 2.79 bits per heavy atom. The van der Waals surface area contributed by atoms with Crippen LogP contribution in [0, 0.1) is 5.92 Å². The minimum absolute atomic E-state index is 0.0311. The predicted molar refractivity (Wildman–Crippen MR) is 80.3 cm³/mol. The highest BCUT2D eigenvalue weighted by Crippen LogP contribution is 2.24. The van der Waals surface area contributed by atoms with Gasteiger partial charge >= 0.3 is 0 Å². The number of hydrogen-bond donors (Lipinski definition) is 1. The van der Waals surface area contributed by atoms with Crippen molar-refractivity contribution in [3.05, 3.63) is 23.9 Å². The molecule has 1 aliphatic rings. The molecule has 0 bridgehead atoms. The van der Waals surface area contributed by atoms with Gasteiger partial charge in [-0.1, -0.05) is 6.07 Å². The molecule has 2 heterocycles. The van der Waals surface area contributed by atoms with Crippen LogP contribution in [0.3, 0.4) is 0 Å². The van der Waals surface area contributed by atoms with Crippen LogP contribution in [0.2, 0.25) is 0 Å². The lowest BCUT2D eigenvalue weighted by Crippen LogP contribution is -2.36. The number of likely N-dealkylation sites (tertiary alicyclic amines) is 1. The fraction of sp³-hybridized carbons (Fsp3) is 0.667. The first-order chi connectivity index (χ1) is 9.08. The molecule has 0 saturated carbocycles. The SMILES string of the molecule is C[C@@H](N)c1cccnc1N(C)CC1CCN(C)CC1. The number of hydrogen-bond acceptors (Lipinski definition) is 4. The van der Waals surface area contributed by atoms with Gasteiger partial charge < -0.3 is 15.5 Å². The molecule has 1 aromatic heterocycles. The summed E-state index contributed by atoms with van der Waals surface area (Å²) < 4.78 is 0. The zero-order valence-corrected chi connectivity index (χ0v) is 12.3. The lowest BCUT2D eigenvalue weighted by molar-refractivity contribution is 0.222. The Kier molecular flexibility index (Phi) is 4.77.